The Balaban J connectivity index is 1.36. The van der Waals surface area contributed by atoms with E-state index in [1.165, 1.54) is 5.69 Å². The van der Waals surface area contributed by atoms with Crippen molar-refractivity contribution < 1.29 is 4.79 Å². The van der Waals surface area contributed by atoms with E-state index in [1.54, 1.807) is 19.0 Å². The summed E-state index contributed by atoms with van der Waals surface area (Å²) in [6.07, 6.45) is 3.80. The summed E-state index contributed by atoms with van der Waals surface area (Å²) in [4.78, 5) is 26.3. The second-order valence-electron chi connectivity index (χ2n) is 9.19. The van der Waals surface area contributed by atoms with E-state index in [9.17, 15) is 4.79 Å². The van der Waals surface area contributed by atoms with Gasteiger partial charge in [-0.3, -0.25) is 4.79 Å². The molecule has 0 atom stereocenters. The van der Waals surface area contributed by atoms with Gasteiger partial charge in [-0.1, -0.05) is 24.0 Å². The van der Waals surface area contributed by atoms with Gasteiger partial charge in [0.05, 0.1) is 5.56 Å². The van der Waals surface area contributed by atoms with Crippen molar-refractivity contribution in [3.8, 4) is 23.0 Å². The zero-order chi connectivity index (χ0) is 24.4. The fraction of sp³-hybridized carbons (Fsp3) is 0.241. The lowest BCUT2D eigenvalue weighted by molar-refractivity contribution is 0.0827. The van der Waals surface area contributed by atoms with Gasteiger partial charge in [-0.2, -0.15) is 0 Å². The summed E-state index contributed by atoms with van der Waals surface area (Å²) in [5.41, 5.74) is 6.70. The van der Waals surface area contributed by atoms with Gasteiger partial charge < -0.3 is 19.7 Å². The number of rotatable bonds is 3. The quantitative estimate of drug-likeness (QED) is 0.465. The highest BCUT2D eigenvalue weighted by molar-refractivity contribution is 5.94. The first-order chi connectivity index (χ1) is 17.0. The van der Waals surface area contributed by atoms with E-state index in [1.807, 2.05) is 36.7 Å². The van der Waals surface area contributed by atoms with E-state index in [0.717, 1.165) is 59.5 Å². The molecule has 6 heteroatoms. The molecule has 1 N–H and O–H groups in total. The number of pyridine rings is 1. The van der Waals surface area contributed by atoms with Crippen LogP contribution in [0.25, 0.3) is 22.2 Å². The van der Waals surface area contributed by atoms with E-state index < -0.39 is 0 Å². The highest BCUT2D eigenvalue weighted by Gasteiger charge is 2.14. The van der Waals surface area contributed by atoms with Gasteiger partial charge in [0, 0.05) is 80.4 Å². The molecule has 3 heterocycles. The molecule has 0 saturated carbocycles. The molecular weight excluding hydrogens is 434 g/mol. The van der Waals surface area contributed by atoms with Crippen LogP contribution in [0.15, 0.2) is 67.0 Å². The fourth-order valence-corrected chi connectivity index (χ4v) is 4.29. The predicted octanol–water partition coefficient (Wildman–Crippen LogP) is 4.08. The predicted molar refractivity (Wildman–Crippen MR) is 142 cm³/mol. The van der Waals surface area contributed by atoms with Crippen LogP contribution < -0.4 is 4.90 Å². The lowest BCUT2D eigenvalue weighted by atomic mass is 10.0. The molecule has 176 valence electrons. The van der Waals surface area contributed by atoms with E-state index >= 15 is 0 Å². The minimum absolute atomic E-state index is 0.0173. The number of fused-ring (bicyclic) bond motifs is 1. The summed E-state index contributed by atoms with van der Waals surface area (Å²) in [6, 6.07) is 18.3. The molecule has 6 nitrogen and oxygen atoms in total. The molecule has 0 radical (unpaired) electrons. The number of nitrogens with zero attached hydrogens (tertiary/aromatic N) is 4. The van der Waals surface area contributed by atoms with Crippen LogP contribution >= 0.6 is 0 Å². The topological polar surface area (TPSA) is 55.5 Å². The number of anilines is 1. The van der Waals surface area contributed by atoms with E-state index in [4.69, 9.17) is 0 Å². The minimum Gasteiger partial charge on any atom is -0.369 e. The fourth-order valence-electron chi connectivity index (χ4n) is 4.29. The van der Waals surface area contributed by atoms with E-state index in [2.05, 4.69) is 69.0 Å². The number of benzene rings is 2. The highest BCUT2D eigenvalue weighted by Crippen LogP contribution is 2.27. The third-order valence-electron chi connectivity index (χ3n) is 6.48. The van der Waals surface area contributed by atoms with Crippen molar-refractivity contribution in [3.63, 3.8) is 0 Å². The molecule has 1 saturated heterocycles. The van der Waals surface area contributed by atoms with Gasteiger partial charge in [-0.15, -0.1) is 0 Å². The van der Waals surface area contributed by atoms with E-state index in [0.29, 0.717) is 5.56 Å². The summed E-state index contributed by atoms with van der Waals surface area (Å²) in [5, 5.41) is 0.998. The standard InChI is InChI=1S/C29H29N5O/c1-32(2)29(35)23-7-4-21(5-8-23)6-9-24-19-30-28-27(24)18-25(20-31-28)22-10-12-26(13-11-22)34-16-14-33(3)15-17-34/h4-5,7-8,10-13,18-20H,14-17H2,1-3H3,(H,30,31). The van der Waals surface area contributed by atoms with Gasteiger partial charge in [0.15, 0.2) is 0 Å². The Bertz CT molecular complexity index is 1400. The summed E-state index contributed by atoms with van der Waals surface area (Å²) >= 11 is 0. The Labute approximate surface area is 206 Å². The summed E-state index contributed by atoms with van der Waals surface area (Å²) in [6.45, 7) is 4.31. The van der Waals surface area contributed by atoms with Crippen LogP contribution in [0.2, 0.25) is 0 Å². The number of aromatic nitrogens is 2. The SMILES string of the molecule is CN1CCN(c2ccc(-c3cnc4[nH]cc(C#Cc5ccc(C(=O)N(C)C)cc5)c4c3)cc2)CC1. The first-order valence-electron chi connectivity index (χ1n) is 11.8. The zero-order valence-corrected chi connectivity index (χ0v) is 20.4. The third-order valence-corrected chi connectivity index (χ3v) is 6.48. The summed E-state index contributed by atoms with van der Waals surface area (Å²) < 4.78 is 0. The molecule has 2 aromatic carbocycles. The van der Waals surface area contributed by atoms with Crippen molar-refractivity contribution in [1.82, 2.24) is 19.8 Å². The lowest BCUT2D eigenvalue weighted by Crippen LogP contribution is -2.44. The summed E-state index contributed by atoms with van der Waals surface area (Å²) in [7, 11) is 5.67. The molecule has 0 bridgehead atoms. The number of nitrogens with one attached hydrogen (secondary N) is 1. The number of H-pyrrole nitrogens is 1. The van der Waals surface area contributed by atoms with Gasteiger partial charge in [-0.25, -0.2) is 4.98 Å². The first kappa shape index (κ1) is 22.7. The van der Waals surface area contributed by atoms with Crippen molar-refractivity contribution in [2.24, 2.45) is 0 Å². The highest BCUT2D eigenvalue weighted by atomic mass is 16.2. The average Bonchev–Trinajstić information content (AvgIpc) is 3.30. The minimum atomic E-state index is -0.0173. The van der Waals surface area contributed by atoms with Gasteiger partial charge >= 0.3 is 0 Å². The largest absolute Gasteiger partial charge is 0.369 e. The van der Waals surface area contributed by atoms with Crippen molar-refractivity contribution in [2.75, 3.05) is 52.2 Å². The van der Waals surface area contributed by atoms with Crippen LogP contribution in [-0.4, -0.2) is 73.0 Å². The van der Waals surface area contributed by atoms with Crippen molar-refractivity contribution in [1.29, 1.82) is 0 Å². The number of hydrogen-bond acceptors (Lipinski definition) is 4. The number of aromatic amines is 1. The molecule has 5 rings (SSSR count). The van der Waals surface area contributed by atoms with Crippen LogP contribution in [0.4, 0.5) is 5.69 Å². The van der Waals surface area contributed by atoms with Crippen molar-refractivity contribution in [3.05, 3.63) is 83.7 Å². The number of amides is 1. The molecule has 4 aromatic rings. The molecule has 1 fully saturated rings. The Morgan fingerprint density at radius 2 is 1.66 bits per heavy atom. The van der Waals surface area contributed by atoms with Gasteiger partial charge in [0.25, 0.3) is 5.91 Å². The molecule has 1 amide bonds. The van der Waals surface area contributed by atoms with Crippen LogP contribution in [0.1, 0.15) is 21.5 Å². The monoisotopic (exact) mass is 463 g/mol. The third kappa shape index (κ3) is 4.91. The zero-order valence-electron chi connectivity index (χ0n) is 20.4. The Morgan fingerprint density at radius 3 is 2.34 bits per heavy atom. The van der Waals surface area contributed by atoms with Crippen molar-refractivity contribution >= 4 is 22.6 Å². The van der Waals surface area contributed by atoms with Crippen LogP contribution in [0.3, 0.4) is 0 Å². The molecule has 0 aliphatic carbocycles. The Kier molecular flexibility index (Phi) is 6.26. The van der Waals surface area contributed by atoms with Crippen LogP contribution in [0.5, 0.6) is 0 Å². The normalized spacial score (nSPS) is 14.0. The molecule has 1 aliphatic rings. The lowest BCUT2D eigenvalue weighted by Gasteiger charge is -2.34. The van der Waals surface area contributed by atoms with E-state index in [-0.39, 0.29) is 5.91 Å². The second-order valence-corrected chi connectivity index (χ2v) is 9.19. The maximum Gasteiger partial charge on any atom is 0.253 e. The van der Waals surface area contributed by atoms with Crippen LogP contribution in [0, 0.1) is 11.8 Å². The van der Waals surface area contributed by atoms with Gasteiger partial charge in [0.2, 0.25) is 0 Å². The first-order valence-corrected chi connectivity index (χ1v) is 11.8. The molecule has 0 unspecified atom stereocenters. The molecular formula is C29H29N5O. The second kappa shape index (κ2) is 9.65. The smallest absolute Gasteiger partial charge is 0.253 e. The Hall–Kier alpha value is -4.08. The van der Waals surface area contributed by atoms with Crippen LogP contribution in [-0.2, 0) is 0 Å². The molecule has 35 heavy (non-hydrogen) atoms. The number of carbonyl (C=O) groups is 1. The number of likely N-dealkylation sites (N-methyl/N-ethyl adjacent to an activating group) is 1. The van der Waals surface area contributed by atoms with Gasteiger partial charge in [0.1, 0.15) is 5.65 Å². The van der Waals surface area contributed by atoms with Gasteiger partial charge in [-0.05, 0) is 55.1 Å². The van der Waals surface area contributed by atoms with Crippen molar-refractivity contribution in [2.45, 2.75) is 0 Å². The average molecular weight is 464 g/mol. The number of piperazine rings is 1. The maximum atomic E-state index is 12.1. The number of hydrogen-bond donors (Lipinski definition) is 1. The molecule has 0 spiro atoms. The Morgan fingerprint density at radius 1 is 0.943 bits per heavy atom. The summed E-state index contributed by atoms with van der Waals surface area (Å²) in [5.74, 6) is 6.45. The number of carbonyl (C=O) groups excluding carboxylic acids is 1. The molecule has 1 aliphatic heterocycles. The molecule has 2 aromatic heterocycles. The maximum absolute atomic E-state index is 12.1.